The van der Waals surface area contributed by atoms with Gasteiger partial charge < -0.3 is 10.6 Å². The van der Waals surface area contributed by atoms with Gasteiger partial charge in [0.25, 0.3) is 0 Å². The van der Waals surface area contributed by atoms with E-state index in [4.69, 9.17) is 23.2 Å². The maximum Gasteiger partial charge on any atom is 0.229 e. The van der Waals surface area contributed by atoms with Crippen LogP contribution in [-0.4, -0.2) is 9.97 Å². The molecule has 2 aromatic carbocycles. The van der Waals surface area contributed by atoms with Crippen LogP contribution in [0.4, 0.5) is 31.9 Å². The lowest BCUT2D eigenvalue weighted by atomic mass is 10.3. The summed E-state index contributed by atoms with van der Waals surface area (Å²) in [5.41, 5.74) is 0.301. The average Bonchev–Trinajstić information content (AvgIpc) is 2.50. The summed E-state index contributed by atoms with van der Waals surface area (Å²) in [6.07, 6.45) is 1.45. The van der Waals surface area contributed by atoms with Crippen LogP contribution in [0.15, 0.2) is 48.7 Å². The van der Waals surface area contributed by atoms with Gasteiger partial charge in [-0.05, 0) is 36.4 Å². The molecule has 0 amide bonds. The molecule has 8 heteroatoms. The summed E-state index contributed by atoms with van der Waals surface area (Å²) in [6.45, 7) is 0. The zero-order valence-corrected chi connectivity index (χ0v) is 13.5. The van der Waals surface area contributed by atoms with E-state index in [2.05, 4.69) is 20.6 Å². The van der Waals surface area contributed by atoms with Crippen LogP contribution in [0, 0.1) is 11.6 Å². The first kappa shape index (κ1) is 16.4. The van der Waals surface area contributed by atoms with Gasteiger partial charge in [-0.25, -0.2) is 13.8 Å². The zero-order valence-electron chi connectivity index (χ0n) is 12.0. The molecule has 0 aliphatic rings. The van der Waals surface area contributed by atoms with E-state index in [9.17, 15) is 8.78 Å². The zero-order chi connectivity index (χ0) is 17.1. The Hall–Kier alpha value is -2.44. The molecule has 0 bridgehead atoms. The van der Waals surface area contributed by atoms with Gasteiger partial charge in [0, 0.05) is 21.9 Å². The summed E-state index contributed by atoms with van der Waals surface area (Å²) in [5, 5.41) is 6.42. The summed E-state index contributed by atoms with van der Waals surface area (Å²) in [5.74, 6) is -0.991. The highest BCUT2D eigenvalue weighted by molar-refractivity contribution is 6.35. The Labute approximate surface area is 146 Å². The lowest BCUT2D eigenvalue weighted by molar-refractivity contribution is 0.590. The van der Waals surface area contributed by atoms with Crippen LogP contribution in [-0.2, 0) is 0 Å². The van der Waals surface area contributed by atoms with Crippen molar-refractivity contribution in [3.63, 3.8) is 0 Å². The van der Waals surface area contributed by atoms with Gasteiger partial charge in [0.05, 0.1) is 0 Å². The van der Waals surface area contributed by atoms with Gasteiger partial charge in [-0.1, -0.05) is 29.3 Å². The van der Waals surface area contributed by atoms with Gasteiger partial charge in [-0.3, -0.25) is 0 Å². The van der Waals surface area contributed by atoms with Crippen molar-refractivity contribution in [2.24, 2.45) is 0 Å². The highest BCUT2D eigenvalue weighted by atomic mass is 35.5. The number of hydrogen-bond acceptors (Lipinski definition) is 4. The number of nitrogens with zero attached hydrogens (tertiary/aromatic N) is 2. The minimum absolute atomic E-state index is 0.218. The Bertz CT molecular complexity index is 849. The van der Waals surface area contributed by atoms with Crippen molar-refractivity contribution in [2.45, 2.75) is 0 Å². The summed E-state index contributed by atoms with van der Waals surface area (Å²) >= 11 is 11.9. The standard InChI is InChI=1S/C16H10Cl2F2N4/c17-9-6-10(18)8-11(7-9)22-16-21-5-4-14(24-16)23-15-12(19)2-1-3-13(15)20/h1-8H,(H2,21,22,23,24). The van der Waals surface area contributed by atoms with Crippen LogP contribution in [0.1, 0.15) is 0 Å². The van der Waals surface area contributed by atoms with Crippen LogP contribution < -0.4 is 10.6 Å². The van der Waals surface area contributed by atoms with Crippen molar-refractivity contribution in [2.75, 3.05) is 10.6 Å². The van der Waals surface area contributed by atoms with Crippen LogP contribution >= 0.6 is 23.2 Å². The molecular weight excluding hydrogens is 357 g/mol. The highest BCUT2D eigenvalue weighted by Crippen LogP contribution is 2.25. The van der Waals surface area contributed by atoms with Crippen LogP contribution in [0.25, 0.3) is 0 Å². The van der Waals surface area contributed by atoms with Crippen molar-refractivity contribution in [1.29, 1.82) is 0 Å². The predicted molar refractivity (Wildman–Crippen MR) is 91.4 cm³/mol. The molecule has 0 radical (unpaired) electrons. The second-order valence-corrected chi connectivity index (χ2v) is 5.64. The largest absolute Gasteiger partial charge is 0.335 e. The van der Waals surface area contributed by atoms with Crippen molar-refractivity contribution in [3.8, 4) is 0 Å². The fourth-order valence-corrected chi connectivity index (χ4v) is 2.51. The first-order valence-electron chi connectivity index (χ1n) is 6.78. The van der Waals surface area contributed by atoms with E-state index in [0.717, 1.165) is 12.1 Å². The fourth-order valence-electron chi connectivity index (χ4n) is 1.99. The number of hydrogen-bond donors (Lipinski definition) is 2. The number of benzene rings is 2. The topological polar surface area (TPSA) is 49.8 Å². The molecule has 0 aliphatic heterocycles. The molecule has 122 valence electrons. The Kier molecular flexibility index (Phi) is 4.78. The molecule has 1 aromatic heterocycles. The smallest absolute Gasteiger partial charge is 0.229 e. The van der Waals surface area contributed by atoms with Crippen LogP contribution in [0.5, 0.6) is 0 Å². The fraction of sp³-hybridized carbons (Fsp3) is 0. The van der Waals surface area contributed by atoms with Crippen molar-refractivity contribution >= 4 is 46.3 Å². The number of para-hydroxylation sites is 1. The van der Waals surface area contributed by atoms with Crippen molar-refractivity contribution in [1.82, 2.24) is 9.97 Å². The van der Waals surface area contributed by atoms with E-state index in [0.29, 0.717) is 15.7 Å². The van der Waals surface area contributed by atoms with Gasteiger partial charge in [-0.2, -0.15) is 4.98 Å². The van der Waals surface area contributed by atoms with E-state index < -0.39 is 11.6 Å². The van der Waals surface area contributed by atoms with E-state index in [-0.39, 0.29) is 17.5 Å². The SMILES string of the molecule is Fc1cccc(F)c1Nc1ccnc(Nc2cc(Cl)cc(Cl)c2)n1. The highest BCUT2D eigenvalue weighted by Gasteiger charge is 2.10. The minimum atomic E-state index is -0.718. The maximum absolute atomic E-state index is 13.7. The number of aromatic nitrogens is 2. The number of halogens is 4. The lowest BCUT2D eigenvalue weighted by Gasteiger charge is -2.10. The first-order chi connectivity index (χ1) is 11.5. The Morgan fingerprint density at radius 3 is 2.21 bits per heavy atom. The van der Waals surface area contributed by atoms with E-state index >= 15 is 0 Å². The molecule has 0 spiro atoms. The quantitative estimate of drug-likeness (QED) is 0.635. The molecule has 0 saturated heterocycles. The summed E-state index contributed by atoms with van der Waals surface area (Å²) in [4.78, 5) is 8.20. The molecule has 24 heavy (non-hydrogen) atoms. The van der Waals surface area contributed by atoms with E-state index in [1.807, 2.05) is 0 Å². The second-order valence-electron chi connectivity index (χ2n) is 4.77. The molecule has 2 N–H and O–H groups in total. The van der Waals surface area contributed by atoms with Gasteiger partial charge in [0.2, 0.25) is 5.95 Å². The van der Waals surface area contributed by atoms with Crippen LogP contribution in [0.3, 0.4) is 0 Å². The minimum Gasteiger partial charge on any atom is -0.335 e. The third-order valence-corrected chi connectivity index (χ3v) is 3.43. The summed E-state index contributed by atoms with van der Waals surface area (Å²) in [7, 11) is 0. The Morgan fingerprint density at radius 1 is 0.875 bits per heavy atom. The molecule has 3 rings (SSSR count). The van der Waals surface area contributed by atoms with Crippen molar-refractivity contribution < 1.29 is 8.78 Å². The molecule has 0 saturated carbocycles. The number of anilines is 4. The predicted octanol–water partition coefficient (Wildman–Crippen LogP) is 5.55. The first-order valence-corrected chi connectivity index (χ1v) is 7.54. The Balaban J connectivity index is 1.84. The molecule has 0 unspecified atom stereocenters. The van der Waals surface area contributed by atoms with Crippen molar-refractivity contribution in [3.05, 3.63) is 70.3 Å². The van der Waals surface area contributed by atoms with E-state index in [1.54, 1.807) is 18.2 Å². The molecule has 0 fully saturated rings. The third-order valence-electron chi connectivity index (χ3n) is 2.99. The van der Waals surface area contributed by atoms with Gasteiger partial charge in [-0.15, -0.1) is 0 Å². The molecule has 0 atom stereocenters. The number of rotatable bonds is 4. The third kappa shape index (κ3) is 3.90. The van der Waals surface area contributed by atoms with Gasteiger partial charge in [0.15, 0.2) is 0 Å². The Morgan fingerprint density at radius 2 is 1.54 bits per heavy atom. The molecule has 4 nitrogen and oxygen atoms in total. The molecule has 1 heterocycles. The number of nitrogens with one attached hydrogen (secondary N) is 2. The molecular formula is C16H10Cl2F2N4. The van der Waals surface area contributed by atoms with Gasteiger partial charge in [0.1, 0.15) is 23.1 Å². The molecule has 3 aromatic rings. The normalized spacial score (nSPS) is 10.5. The average molecular weight is 367 g/mol. The van der Waals surface area contributed by atoms with Crippen LogP contribution in [0.2, 0.25) is 10.0 Å². The lowest BCUT2D eigenvalue weighted by Crippen LogP contribution is -2.02. The monoisotopic (exact) mass is 366 g/mol. The maximum atomic E-state index is 13.7. The van der Waals surface area contributed by atoms with Gasteiger partial charge >= 0.3 is 0 Å². The summed E-state index contributed by atoms with van der Waals surface area (Å²) < 4.78 is 27.4. The van der Waals surface area contributed by atoms with E-state index in [1.165, 1.54) is 18.3 Å². The molecule has 0 aliphatic carbocycles. The summed E-state index contributed by atoms with van der Waals surface area (Å²) in [6, 6.07) is 9.96. The second kappa shape index (κ2) is 6.98.